The molecule has 32 valence electrons. The summed E-state index contributed by atoms with van der Waals surface area (Å²) in [6.45, 7) is 6.93. The van der Waals surface area contributed by atoms with Crippen molar-refractivity contribution in [3.05, 3.63) is 6.92 Å². The lowest BCUT2D eigenvalue weighted by Crippen LogP contribution is -1.56. The highest BCUT2D eigenvalue weighted by Crippen LogP contribution is 1.78. The third-order valence-electron chi connectivity index (χ3n) is 0.477. The van der Waals surface area contributed by atoms with Crippen LogP contribution in [-0.2, 0) is 0 Å². The van der Waals surface area contributed by atoms with Crippen LogP contribution in [0.25, 0.3) is 0 Å². The van der Waals surface area contributed by atoms with E-state index in [1.54, 1.807) is 0 Å². The minimum Gasteiger partial charge on any atom is -0.103 e. The van der Waals surface area contributed by atoms with Gasteiger partial charge >= 0.3 is 0 Å². The first kappa shape index (κ1) is 5.56. The van der Waals surface area contributed by atoms with E-state index in [0.29, 0.717) is 0 Å². The molecule has 0 rings (SSSR count). The second-order valence-electron chi connectivity index (χ2n) is 1.07. The molecule has 0 heterocycles. The van der Waals surface area contributed by atoms with E-state index in [1.807, 2.05) is 0 Å². The van der Waals surface area contributed by atoms with Crippen molar-refractivity contribution in [1.82, 2.24) is 0 Å². The maximum absolute atomic E-state index is 4.85. The molecular weight excluding hydrogens is 72.1 g/mol. The summed E-state index contributed by atoms with van der Waals surface area (Å²) in [5, 5.41) is 0. The van der Waals surface area contributed by atoms with Gasteiger partial charge in [0.25, 0.3) is 0 Å². The van der Waals surface area contributed by atoms with E-state index in [1.165, 1.54) is 0 Å². The van der Waals surface area contributed by atoms with Gasteiger partial charge in [0.2, 0.25) is 0 Å². The Morgan fingerprint density at radius 1 is 1.67 bits per heavy atom. The summed E-state index contributed by atoms with van der Waals surface area (Å²) in [4.78, 5) is 0. The molecule has 0 bridgehead atoms. The SMILES string of the molecule is [CH]C#CCCC. The largest absolute Gasteiger partial charge is 0.103 e. The highest BCUT2D eigenvalue weighted by molar-refractivity contribution is 5.00. The summed E-state index contributed by atoms with van der Waals surface area (Å²) in [6.07, 6.45) is 2.03. The van der Waals surface area contributed by atoms with Crippen molar-refractivity contribution in [2.24, 2.45) is 0 Å². The van der Waals surface area contributed by atoms with Crippen molar-refractivity contribution in [1.29, 1.82) is 0 Å². The van der Waals surface area contributed by atoms with Gasteiger partial charge in [0, 0.05) is 6.42 Å². The second-order valence-corrected chi connectivity index (χ2v) is 1.07. The molecule has 0 aromatic heterocycles. The zero-order valence-electron chi connectivity index (χ0n) is 3.99. The van der Waals surface area contributed by atoms with Gasteiger partial charge < -0.3 is 0 Å². The summed E-state index contributed by atoms with van der Waals surface area (Å²) in [5.41, 5.74) is 0. The quantitative estimate of drug-likeness (QED) is 0.419. The minimum absolute atomic E-state index is 0.927. The fourth-order valence-corrected chi connectivity index (χ4v) is 0.197. The third-order valence-corrected chi connectivity index (χ3v) is 0.477. The lowest BCUT2D eigenvalue weighted by atomic mass is 10.3. The summed E-state index contributed by atoms with van der Waals surface area (Å²) < 4.78 is 0. The molecule has 0 saturated carbocycles. The van der Waals surface area contributed by atoms with E-state index in [9.17, 15) is 0 Å². The monoisotopic (exact) mass is 80.1 g/mol. The summed E-state index contributed by atoms with van der Waals surface area (Å²) in [6, 6.07) is 0. The molecule has 0 amide bonds. The first-order valence-corrected chi connectivity index (χ1v) is 2.10. The average Bonchev–Trinajstić information content (AvgIpc) is 1.61. The fourth-order valence-electron chi connectivity index (χ4n) is 0.197. The molecule has 0 aliphatic heterocycles. The van der Waals surface area contributed by atoms with Crippen molar-refractivity contribution in [3.8, 4) is 11.8 Å². The number of rotatable bonds is 1. The molecule has 0 unspecified atom stereocenters. The van der Waals surface area contributed by atoms with Crippen LogP contribution >= 0.6 is 0 Å². The predicted molar refractivity (Wildman–Crippen MR) is 27.0 cm³/mol. The molecule has 6 heavy (non-hydrogen) atoms. The Morgan fingerprint density at radius 3 is 2.50 bits per heavy atom. The van der Waals surface area contributed by atoms with E-state index in [0.717, 1.165) is 12.8 Å². The first-order valence-electron chi connectivity index (χ1n) is 2.10. The molecule has 0 N–H and O–H groups in total. The molecule has 0 spiro atoms. The Balaban J connectivity index is 2.79. The highest BCUT2D eigenvalue weighted by atomic mass is 13.7. The molecule has 0 aliphatic carbocycles. The highest BCUT2D eigenvalue weighted by Gasteiger charge is 1.63. The number of hydrogen-bond acceptors (Lipinski definition) is 0. The smallest absolute Gasteiger partial charge is 0.0503 e. The summed E-state index contributed by atoms with van der Waals surface area (Å²) in [7, 11) is 0. The van der Waals surface area contributed by atoms with Crippen LogP contribution in [0, 0.1) is 18.8 Å². The van der Waals surface area contributed by atoms with Gasteiger partial charge in [-0.1, -0.05) is 12.8 Å². The maximum Gasteiger partial charge on any atom is 0.0503 e. The predicted octanol–water partition coefficient (Wildman–Crippen LogP) is 1.50. The van der Waals surface area contributed by atoms with Crippen LogP contribution in [0.1, 0.15) is 19.8 Å². The van der Waals surface area contributed by atoms with Gasteiger partial charge in [-0.05, 0) is 6.42 Å². The minimum atomic E-state index is 0.927. The average molecular weight is 80.1 g/mol. The molecule has 2 radical (unpaired) electrons. The van der Waals surface area contributed by atoms with Crippen LogP contribution in [-0.4, -0.2) is 0 Å². The van der Waals surface area contributed by atoms with Crippen molar-refractivity contribution in [3.63, 3.8) is 0 Å². The number of unbranched alkanes of at least 4 members (excludes halogenated alkanes) is 1. The normalized spacial score (nSPS) is 6.33. The number of hydrogen-bond donors (Lipinski definition) is 0. The van der Waals surface area contributed by atoms with E-state index in [-0.39, 0.29) is 0 Å². The van der Waals surface area contributed by atoms with Gasteiger partial charge in [-0.25, -0.2) is 0 Å². The molecular formula is C6H8. The lowest BCUT2D eigenvalue weighted by molar-refractivity contribution is 0.983. The second kappa shape index (κ2) is 4.56. The molecule has 0 atom stereocenters. The van der Waals surface area contributed by atoms with Gasteiger partial charge in [-0.3, -0.25) is 0 Å². The Labute approximate surface area is 39.6 Å². The van der Waals surface area contributed by atoms with Gasteiger partial charge in [0.1, 0.15) is 0 Å². The molecule has 0 nitrogen and oxygen atoms in total. The van der Waals surface area contributed by atoms with Crippen LogP contribution in [0.4, 0.5) is 0 Å². The standard InChI is InChI=1S/C6H8/c1-3-5-6-4-2/h1H,4,6H2,2H3. The molecule has 0 aromatic rings. The fraction of sp³-hybridized carbons (Fsp3) is 0.500. The first-order chi connectivity index (χ1) is 2.91. The summed E-state index contributed by atoms with van der Waals surface area (Å²) >= 11 is 0. The van der Waals surface area contributed by atoms with E-state index >= 15 is 0 Å². The van der Waals surface area contributed by atoms with Crippen molar-refractivity contribution in [2.75, 3.05) is 0 Å². The zero-order valence-corrected chi connectivity index (χ0v) is 3.99. The van der Waals surface area contributed by atoms with Gasteiger partial charge in [-0.2, -0.15) is 0 Å². The zero-order chi connectivity index (χ0) is 4.83. The Kier molecular flexibility index (Phi) is 4.23. The lowest BCUT2D eigenvalue weighted by Gasteiger charge is -1.71. The molecule has 0 fully saturated rings. The van der Waals surface area contributed by atoms with Gasteiger partial charge in [-0.15, -0.1) is 5.92 Å². The third kappa shape index (κ3) is 3.56. The van der Waals surface area contributed by atoms with Crippen molar-refractivity contribution < 1.29 is 0 Å². The van der Waals surface area contributed by atoms with Crippen LogP contribution in [0.2, 0.25) is 0 Å². The van der Waals surface area contributed by atoms with Crippen LogP contribution in [0.15, 0.2) is 0 Å². The van der Waals surface area contributed by atoms with Gasteiger partial charge in [0.15, 0.2) is 0 Å². The summed E-state index contributed by atoms with van der Waals surface area (Å²) in [5.74, 6) is 5.04. The molecule has 0 aliphatic rings. The van der Waals surface area contributed by atoms with Crippen molar-refractivity contribution >= 4 is 0 Å². The Bertz CT molecular complexity index is 61.8. The van der Waals surface area contributed by atoms with E-state index < -0.39 is 0 Å². The van der Waals surface area contributed by atoms with Gasteiger partial charge in [0.05, 0.1) is 6.92 Å². The topological polar surface area (TPSA) is 0 Å². The van der Waals surface area contributed by atoms with Crippen LogP contribution in [0.5, 0.6) is 0 Å². The maximum atomic E-state index is 4.85. The van der Waals surface area contributed by atoms with Crippen LogP contribution < -0.4 is 0 Å². The molecule has 0 aromatic carbocycles. The Hall–Kier alpha value is -0.440. The van der Waals surface area contributed by atoms with Crippen LogP contribution in [0.3, 0.4) is 0 Å². The van der Waals surface area contributed by atoms with E-state index in [4.69, 9.17) is 6.92 Å². The Morgan fingerprint density at radius 2 is 2.33 bits per heavy atom. The van der Waals surface area contributed by atoms with E-state index in [2.05, 4.69) is 18.8 Å². The molecule has 0 saturated heterocycles. The van der Waals surface area contributed by atoms with Crippen molar-refractivity contribution in [2.45, 2.75) is 19.8 Å². The molecule has 0 heteroatoms.